The first-order chi connectivity index (χ1) is 9.76. The van der Waals surface area contributed by atoms with Gasteiger partial charge in [-0.2, -0.15) is 0 Å². The van der Waals surface area contributed by atoms with E-state index in [1.165, 1.54) is 44.9 Å². The molecule has 0 heterocycles. The van der Waals surface area contributed by atoms with Crippen LogP contribution in [0.25, 0.3) is 0 Å². The Morgan fingerprint density at radius 2 is 2.05 bits per heavy atom. The Balaban J connectivity index is 0.00000400. The largest absolute Gasteiger partial charge is 0.379 e. The summed E-state index contributed by atoms with van der Waals surface area (Å²) < 4.78 is 5.60. The standard InChI is InChI=1S/C16H33N3O.HI/c1-4-5-6-7-8-14(2)19-16(17-3)18-11-12-20-13-15-9-10-15;/h14-15H,4-13H2,1-3H3,(H2,17,18,19);1H. The SMILES string of the molecule is CCCCCCC(C)NC(=NC)NCCOCC1CC1.I. The summed E-state index contributed by atoms with van der Waals surface area (Å²) >= 11 is 0. The Morgan fingerprint density at radius 1 is 1.29 bits per heavy atom. The summed E-state index contributed by atoms with van der Waals surface area (Å²) in [6.45, 7) is 7.00. The first-order valence-corrected chi connectivity index (χ1v) is 8.31. The van der Waals surface area contributed by atoms with E-state index in [4.69, 9.17) is 4.74 Å². The Labute approximate surface area is 147 Å². The molecule has 0 amide bonds. The van der Waals surface area contributed by atoms with Crippen molar-refractivity contribution in [3.63, 3.8) is 0 Å². The number of hydrogen-bond donors (Lipinski definition) is 2. The van der Waals surface area contributed by atoms with Crippen LogP contribution in [0.1, 0.15) is 58.8 Å². The van der Waals surface area contributed by atoms with Crippen LogP contribution in [0.5, 0.6) is 0 Å². The van der Waals surface area contributed by atoms with E-state index in [1.54, 1.807) is 0 Å². The van der Waals surface area contributed by atoms with Crippen LogP contribution in [0.3, 0.4) is 0 Å². The third-order valence-corrected chi connectivity index (χ3v) is 3.69. The molecule has 1 aliphatic carbocycles. The van der Waals surface area contributed by atoms with Gasteiger partial charge in [0.25, 0.3) is 0 Å². The lowest BCUT2D eigenvalue weighted by molar-refractivity contribution is 0.129. The highest BCUT2D eigenvalue weighted by molar-refractivity contribution is 14.0. The van der Waals surface area contributed by atoms with Crippen molar-refractivity contribution in [2.24, 2.45) is 10.9 Å². The fraction of sp³-hybridized carbons (Fsp3) is 0.938. The maximum absolute atomic E-state index is 5.60. The van der Waals surface area contributed by atoms with E-state index in [0.29, 0.717) is 6.04 Å². The molecule has 1 unspecified atom stereocenters. The predicted octanol–water partition coefficient (Wildman–Crippen LogP) is 3.55. The van der Waals surface area contributed by atoms with E-state index in [2.05, 4.69) is 29.5 Å². The first-order valence-electron chi connectivity index (χ1n) is 8.31. The molecule has 0 aromatic carbocycles. The molecule has 0 radical (unpaired) electrons. The monoisotopic (exact) mass is 411 g/mol. The summed E-state index contributed by atoms with van der Waals surface area (Å²) in [5, 5.41) is 6.75. The van der Waals surface area contributed by atoms with Gasteiger partial charge in [-0.25, -0.2) is 0 Å². The van der Waals surface area contributed by atoms with E-state index in [-0.39, 0.29) is 24.0 Å². The Hall–Kier alpha value is -0.0400. The van der Waals surface area contributed by atoms with Gasteiger partial charge in [-0.3, -0.25) is 4.99 Å². The number of guanidine groups is 1. The van der Waals surface area contributed by atoms with Gasteiger partial charge in [-0.1, -0.05) is 32.6 Å². The van der Waals surface area contributed by atoms with Crippen LogP contribution in [-0.4, -0.2) is 38.8 Å². The number of halogens is 1. The summed E-state index contributed by atoms with van der Waals surface area (Å²) in [6.07, 6.45) is 9.19. The van der Waals surface area contributed by atoms with Crippen molar-refractivity contribution in [2.45, 2.75) is 64.8 Å². The van der Waals surface area contributed by atoms with Crippen molar-refractivity contribution in [1.82, 2.24) is 10.6 Å². The Bertz CT molecular complexity index is 270. The minimum Gasteiger partial charge on any atom is -0.379 e. The number of aliphatic imine (C=N–C) groups is 1. The minimum absolute atomic E-state index is 0. The van der Waals surface area contributed by atoms with Gasteiger partial charge in [0.15, 0.2) is 5.96 Å². The van der Waals surface area contributed by atoms with Gasteiger partial charge < -0.3 is 15.4 Å². The van der Waals surface area contributed by atoms with Gasteiger partial charge in [0, 0.05) is 26.2 Å². The van der Waals surface area contributed by atoms with E-state index >= 15 is 0 Å². The van der Waals surface area contributed by atoms with Crippen molar-refractivity contribution < 1.29 is 4.74 Å². The van der Waals surface area contributed by atoms with Crippen molar-refractivity contribution in [3.05, 3.63) is 0 Å². The molecular weight excluding hydrogens is 377 g/mol. The summed E-state index contributed by atoms with van der Waals surface area (Å²) in [5.74, 6) is 1.73. The van der Waals surface area contributed by atoms with E-state index in [9.17, 15) is 0 Å². The summed E-state index contributed by atoms with van der Waals surface area (Å²) in [4.78, 5) is 4.26. The number of hydrogen-bond acceptors (Lipinski definition) is 2. The second-order valence-corrected chi connectivity index (χ2v) is 5.91. The number of rotatable bonds is 11. The number of ether oxygens (including phenoxy) is 1. The van der Waals surface area contributed by atoms with Crippen LogP contribution >= 0.6 is 24.0 Å². The molecule has 1 aliphatic rings. The van der Waals surface area contributed by atoms with Crippen LogP contribution in [0.15, 0.2) is 4.99 Å². The average molecular weight is 411 g/mol. The molecule has 21 heavy (non-hydrogen) atoms. The molecule has 0 aromatic heterocycles. The van der Waals surface area contributed by atoms with Crippen molar-refractivity contribution in [1.29, 1.82) is 0 Å². The molecule has 4 nitrogen and oxygen atoms in total. The van der Waals surface area contributed by atoms with Gasteiger partial charge >= 0.3 is 0 Å². The molecule has 5 heteroatoms. The fourth-order valence-corrected chi connectivity index (χ4v) is 2.15. The molecule has 1 atom stereocenters. The normalized spacial score (nSPS) is 16.2. The third-order valence-electron chi connectivity index (χ3n) is 3.69. The zero-order valence-electron chi connectivity index (χ0n) is 14.0. The van der Waals surface area contributed by atoms with Gasteiger partial charge in [0.1, 0.15) is 0 Å². The van der Waals surface area contributed by atoms with Gasteiger partial charge in [0.05, 0.1) is 6.61 Å². The van der Waals surface area contributed by atoms with Crippen LogP contribution in [-0.2, 0) is 4.74 Å². The Kier molecular flexibility index (Phi) is 13.6. The molecule has 0 spiro atoms. The molecule has 0 bridgehead atoms. The number of nitrogens with zero attached hydrogens (tertiary/aromatic N) is 1. The van der Waals surface area contributed by atoms with Gasteiger partial charge in [-0.05, 0) is 32.1 Å². The minimum atomic E-state index is 0. The molecule has 1 fully saturated rings. The zero-order chi connectivity index (χ0) is 14.6. The highest BCUT2D eigenvalue weighted by Crippen LogP contribution is 2.28. The second kappa shape index (κ2) is 13.6. The lowest BCUT2D eigenvalue weighted by atomic mass is 10.1. The summed E-state index contributed by atoms with van der Waals surface area (Å²) in [5.41, 5.74) is 0. The fourth-order valence-electron chi connectivity index (χ4n) is 2.15. The van der Waals surface area contributed by atoms with Gasteiger partial charge in [-0.15, -0.1) is 24.0 Å². The zero-order valence-corrected chi connectivity index (χ0v) is 16.3. The van der Waals surface area contributed by atoms with Crippen LogP contribution in [0.2, 0.25) is 0 Å². The molecule has 2 N–H and O–H groups in total. The molecular formula is C16H34IN3O. The van der Waals surface area contributed by atoms with Crippen molar-refractivity contribution in [2.75, 3.05) is 26.8 Å². The molecule has 1 rings (SSSR count). The predicted molar refractivity (Wildman–Crippen MR) is 102 cm³/mol. The number of unbranched alkanes of at least 4 members (excludes halogenated alkanes) is 3. The van der Waals surface area contributed by atoms with E-state index in [0.717, 1.165) is 31.6 Å². The summed E-state index contributed by atoms with van der Waals surface area (Å²) in [7, 11) is 1.82. The van der Waals surface area contributed by atoms with Crippen LogP contribution < -0.4 is 10.6 Å². The Morgan fingerprint density at radius 3 is 2.67 bits per heavy atom. The van der Waals surface area contributed by atoms with Crippen molar-refractivity contribution in [3.8, 4) is 0 Å². The molecule has 1 saturated carbocycles. The molecule has 126 valence electrons. The van der Waals surface area contributed by atoms with E-state index in [1.807, 2.05) is 7.05 Å². The quantitative estimate of drug-likeness (QED) is 0.237. The third kappa shape index (κ3) is 12.2. The maximum atomic E-state index is 5.60. The highest BCUT2D eigenvalue weighted by atomic mass is 127. The summed E-state index contributed by atoms with van der Waals surface area (Å²) in [6, 6.07) is 0.477. The molecule has 0 aromatic rings. The maximum Gasteiger partial charge on any atom is 0.191 e. The number of nitrogens with one attached hydrogen (secondary N) is 2. The lowest BCUT2D eigenvalue weighted by Gasteiger charge is -2.18. The van der Waals surface area contributed by atoms with Crippen LogP contribution in [0.4, 0.5) is 0 Å². The molecule has 0 saturated heterocycles. The average Bonchev–Trinajstić information content (AvgIpc) is 3.26. The van der Waals surface area contributed by atoms with Crippen molar-refractivity contribution >= 4 is 29.9 Å². The highest BCUT2D eigenvalue weighted by Gasteiger charge is 2.20. The van der Waals surface area contributed by atoms with E-state index < -0.39 is 0 Å². The van der Waals surface area contributed by atoms with Crippen LogP contribution in [0, 0.1) is 5.92 Å². The molecule has 0 aliphatic heterocycles. The lowest BCUT2D eigenvalue weighted by Crippen LogP contribution is -2.43. The first kappa shape index (κ1) is 21.0. The smallest absolute Gasteiger partial charge is 0.191 e. The topological polar surface area (TPSA) is 45.7 Å². The van der Waals surface area contributed by atoms with Gasteiger partial charge in [0.2, 0.25) is 0 Å². The second-order valence-electron chi connectivity index (χ2n) is 5.91.